The SMILES string of the molecule is CCCCCCNc1cc(F)cc(F)c1[N+](=O)[O-]. The number of rotatable bonds is 7. The molecule has 6 heteroatoms. The molecule has 0 aliphatic rings. The zero-order chi connectivity index (χ0) is 13.5. The van der Waals surface area contributed by atoms with Gasteiger partial charge in [0.05, 0.1) is 4.92 Å². The molecule has 0 saturated carbocycles. The van der Waals surface area contributed by atoms with Crippen molar-refractivity contribution in [1.29, 1.82) is 0 Å². The normalized spacial score (nSPS) is 10.4. The van der Waals surface area contributed by atoms with Crippen molar-refractivity contribution < 1.29 is 13.7 Å². The molecule has 0 aliphatic heterocycles. The van der Waals surface area contributed by atoms with Gasteiger partial charge in [0, 0.05) is 18.7 Å². The fraction of sp³-hybridized carbons (Fsp3) is 0.500. The van der Waals surface area contributed by atoms with E-state index < -0.39 is 22.2 Å². The van der Waals surface area contributed by atoms with E-state index in [9.17, 15) is 18.9 Å². The van der Waals surface area contributed by atoms with E-state index in [0.717, 1.165) is 31.7 Å². The Morgan fingerprint density at radius 2 is 2.00 bits per heavy atom. The number of benzene rings is 1. The molecule has 0 amide bonds. The Hall–Kier alpha value is -1.72. The van der Waals surface area contributed by atoms with Gasteiger partial charge in [-0.3, -0.25) is 10.1 Å². The van der Waals surface area contributed by atoms with Gasteiger partial charge in [0.25, 0.3) is 0 Å². The van der Waals surface area contributed by atoms with Crippen LogP contribution in [0.25, 0.3) is 0 Å². The Bertz CT molecular complexity index is 425. The Morgan fingerprint density at radius 3 is 2.61 bits per heavy atom. The average Bonchev–Trinajstić information content (AvgIpc) is 2.27. The maximum Gasteiger partial charge on any atom is 0.327 e. The Morgan fingerprint density at radius 1 is 1.28 bits per heavy atom. The van der Waals surface area contributed by atoms with E-state index in [-0.39, 0.29) is 5.69 Å². The maximum atomic E-state index is 13.3. The largest absolute Gasteiger partial charge is 0.379 e. The van der Waals surface area contributed by atoms with E-state index in [1.807, 2.05) is 0 Å². The fourth-order valence-electron chi connectivity index (χ4n) is 1.66. The first-order valence-electron chi connectivity index (χ1n) is 5.93. The third kappa shape index (κ3) is 3.94. The zero-order valence-corrected chi connectivity index (χ0v) is 10.2. The van der Waals surface area contributed by atoms with Crippen molar-refractivity contribution in [2.75, 3.05) is 11.9 Å². The average molecular weight is 258 g/mol. The summed E-state index contributed by atoms with van der Waals surface area (Å²) in [6.07, 6.45) is 3.94. The predicted molar refractivity (Wildman–Crippen MR) is 65.6 cm³/mol. The van der Waals surface area contributed by atoms with Gasteiger partial charge in [-0.15, -0.1) is 0 Å². The van der Waals surface area contributed by atoms with Crippen LogP contribution in [0.2, 0.25) is 0 Å². The van der Waals surface area contributed by atoms with Gasteiger partial charge in [0.1, 0.15) is 11.5 Å². The topological polar surface area (TPSA) is 55.2 Å². The number of nitrogens with zero attached hydrogens (tertiary/aromatic N) is 1. The van der Waals surface area contributed by atoms with Crippen LogP contribution in [0.5, 0.6) is 0 Å². The summed E-state index contributed by atoms with van der Waals surface area (Å²) in [4.78, 5) is 9.85. The second kappa shape index (κ2) is 6.88. The highest BCUT2D eigenvalue weighted by Gasteiger charge is 2.21. The van der Waals surface area contributed by atoms with E-state index in [4.69, 9.17) is 0 Å². The highest BCUT2D eigenvalue weighted by Crippen LogP contribution is 2.28. The molecule has 0 aromatic heterocycles. The highest BCUT2D eigenvalue weighted by molar-refractivity contribution is 5.62. The Kier molecular flexibility index (Phi) is 5.48. The van der Waals surface area contributed by atoms with E-state index in [0.29, 0.717) is 12.6 Å². The molecule has 0 aliphatic carbocycles. The summed E-state index contributed by atoms with van der Waals surface area (Å²) in [5.41, 5.74) is -0.805. The van der Waals surface area contributed by atoms with E-state index in [1.54, 1.807) is 0 Å². The number of hydrogen-bond acceptors (Lipinski definition) is 3. The Balaban J connectivity index is 2.71. The predicted octanol–water partition coefficient (Wildman–Crippen LogP) is 3.87. The monoisotopic (exact) mass is 258 g/mol. The van der Waals surface area contributed by atoms with Crippen LogP contribution in [0, 0.1) is 21.7 Å². The second-order valence-corrected chi connectivity index (χ2v) is 4.03. The molecule has 0 spiro atoms. The molecule has 0 atom stereocenters. The van der Waals surface area contributed by atoms with Gasteiger partial charge in [0.2, 0.25) is 5.82 Å². The molecule has 1 aromatic carbocycles. The van der Waals surface area contributed by atoms with E-state index >= 15 is 0 Å². The molecule has 1 rings (SSSR count). The number of anilines is 1. The third-order valence-electron chi connectivity index (χ3n) is 2.56. The first-order chi connectivity index (χ1) is 8.56. The third-order valence-corrected chi connectivity index (χ3v) is 2.56. The second-order valence-electron chi connectivity index (χ2n) is 4.03. The van der Waals surface area contributed by atoms with Crippen molar-refractivity contribution in [3.63, 3.8) is 0 Å². The van der Waals surface area contributed by atoms with Crippen molar-refractivity contribution in [1.82, 2.24) is 0 Å². The van der Waals surface area contributed by atoms with Crippen LogP contribution in [0.4, 0.5) is 20.2 Å². The van der Waals surface area contributed by atoms with Crippen LogP contribution >= 0.6 is 0 Å². The van der Waals surface area contributed by atoms with Crippen LogP contribution < -0.4 is 5.32 Å². The number of nitro groups is 1. The van der Waals surface area contributed by atoms with Gasteiger partial charge in [-0.2, -0.15) is 4.39 Å². The van der Waals surface area contributed by atoms with Gasteiger partial charge >= 0.3 is 5.69 Å². The Labute approximate surface area is 104 Å². The zero-order valence-electron chi connectivity index (χ0n) is 10.2. The maximum absolute atomic E-state index is 13.3. The summed E-state index contributed by atoms with van der Waals surface area (Å²) in [6.45, 7) is 2.53. The van der Waals surface area contributed by atoms with E-state index in [1.165, 1.54) is 0 Å². The lowest BCUT2D eigenvalue weighted by molar-refractivity contribution is -0.386. The molecule has 4 nitrogen and oxygen atoms in total. The van der Waals surface area contributed by atoms with E-state index in [2.05, 4.69) is 12.2 Å². The van der Waals surface area contributed by atoms with Crippen LogP contribution in [0.3, 0.4) is 0 Å². The molecular formula is C12H16F2N2O2. The van der Waals surface area contributed by atoms with Gasteiger partial charge in [-0.25, -0.2) is 4.39 Å². The molecular weight excluding hydrogens is 242 g/mol. The molecule has 0 radical (unpaired) electrons. The first kappa shape index (κ1) is 14.3. The standard InChI is InChI=1S/C12H16F2N2O2/c1-2-3-4-5-6-15-11-8-9(13)7-10(14)12(11)16(17)18/h7-8,15H,2-6H2,1H3. The molecule has 100 valence electrons. The minimum atomic E-state index is -1.16. The van der Waals surface area contributed by atoms with Gasteiger partial charge in [-0.05, 0) is 6.42 Å². The molecule has 1 N–H and O–H groups in total. The summed E-state index contributed by atoms with van der Waals surface area (Å²) in [7, 11) is 0. The van der Waals surface area contributed by atoms with Crippen molar-refractivity contribution in [3.05, 3.63) is 33.9 Å². The lowest BCUT2D eigenvalue weighted by Gasteiger charge is -2.07. The fourth-order valence-corrected chi connectivity index (χ4v) is 1.66. The quantitative estimate of drug-likeness (QED) is 0.459. The molecule has 0 fully saturated rings. The number of nitro benzene ring substituents is 1. The van der Waals surface area contributed by atoms with Crippen LogP contribution in [0.15, 0.2) is 12.1 Å². The number of nitrogens with one attached hydrogen (secondary N) is 1. The van der Waals surface area contributed by atoms with Gasteiger partial charge < -0.3 is 5.32 Å². The smallest absolute Gasteiger partial charge is 0.327 e. The van der Waals surface area contributed by atoms with Crippen molar-refractivity contribution >= 4 is 11.4 Å². The summed E-state index contributed by atoms with van der Waals surface area (Å²) < 4.78 is 26.3. The molecule has 0 heterocycles. The lowest BCUT2D eigenvalue weighted by Crippen LogP contribution is -2.06. The first-order valence-corrected chi connectivity index (χ1v) is 5.93. The molecule has 1 aromatic rings. The summed E-state index contributed by atoms with van der Waals surface area (Å²) in [6, 6.07) is 1.46. The van der Waals surface area contributed by atoms with Crippen molar-refractivity contribution in [2.45, 2.75) is 32.6 Å². The van der Waals surface area contributed by atoms with Crippen LogP contribution in [0.1, 0.15) is 32.6 Å². The molecule has 0 saturated heterocycles. The van der Waals surface area contributed by atoms with Crippen molar-refractivity contribution in [3.8, 4) is 0 Å². The van der Waals surface area contributed by atoms with Crippen LogP contribution in [-0.4, -0.2) is 11.5 Å². The number of halogens is 2. The van der Waals surface area contributed by atoms with Gasteiger partial charge in [0.15, 0.2) is 0 Å². The lowest BCUT2D eigenvalue weighted by atomic mass is 10.2. The number of hydrogen-bond donors (Lipinski definition) is 1. The number of unbranched alkanes of at least 4 members (excludes halogenated alkanes) is 3. The minimum absolute atomic E-state index is 0.103. The summed E-state index contributed by atoms with van der Waals surface area (Å²) in [5.74, 6) is -1.98. The minimum Gasteiger partial charge on any atom is -0.379 e. The van der Waals surface area contributed by atoms with Gasteiger partial charge in [-0.1, -0.05) is 26.2 Å². The molecule has 0 unspecified atom stereocenters. The summed E-state index contributed by atoms with van der Waals surface area (Å²) >= 11 is 0. The summed E-state index contributed by atoms with van der Waals surface area (Å²) in [5, 5.41) is 13.4. The molecule has 18 heavy (non-hydrogen) atoms. The molecule has 0 bridgehead atoms. The van der Waals surface area contributed by atoms with Crippen molar-refractivity contribution in [2.24, 2.45) is 0 Å². The van der Waals surface area contributed by atoms with Crippen LogP contribution in [-0.2, 0) is 0 Å². The highest BCUT2D eigenvalue weighted by atomic mass is 19.1.